The minimum absolute atomic E-state index is 0. The Bertz CT molecular complexity index is 3500. The van der Waals surface area contributed by atoms with Crippen molar-refractivity contribution in [3.05, 3.63) is 286 Å². The van der Waals surface area contributed by atoms with Crippen LogP contribution in [0.2, 0.25) is 0 Å². The van der Waals surface area contributed by atoms with Crippen LogP contribution in [0.1, 0.15) is 87.7 Å². The number of pyridine rings is 3. The first-order valence-corrected chi connectivity index (χ1v) is 23.1. The van der Waals surface area contributed by atoms with Gasteiger partial charge in [-0.25, -0.2) is 0 Å². The number of hydrogen-bond acceptors (Lipinski definition) is 3. The van der Waals surface area contributed by atoms with Crippen molar-refractivity contribution in [2.75, 3.05) is 0 Å². The van der Waals surface area contributed by atoms with Crippen LogP contribution < -0.4 is 4.57 Å². The molecule has 330 valence electrons. The molecule has 0 bridgehead atoms. The fourth-order valence-corrected chi connectivity index (χ4v) is 12.0. The SMILES string of the molecule is C[n+]1[c-]n(C2(c3[c-]c(C4(c5[c-]c(C6(c7cc(C(C)(C)C)ccn7)c7ccccc7-c7ccccc76)cnc5)c5ccccc5-c5ccccc54)cnc3)c3ccccc3-c3ccccc32)cc1.[Pt]. The minimum atomic E-state index is -0.928. The van der Waals surface area contributed by atoms with Crippen molar-refractivity contribution in [1.82, 2.24) is 19.5 Å². The molecule has 3 aliphatic carbocycles. The molecule has 68 heavy (non-hydrogen) atoms. The van der Waals surface area contributed by atoms with E-state index in [9.17, 15) is 0 Å². The number of imidazole rings is 1. The monoisotopic (exact) mass is 1050 g/mol. The summed E-state index contributed by atoms with van der Waals surface area (Å²) in [7, 11) is 2.02. The Kier molecular flexibility index (Phi) is 9.49. The van der Waals surface area contributed by atoms with Crippen molar-refractivity contribution < 1.29 is 25.6 Å². The van der Waals surface area contributed by atoms with Gasteiger partial charge in [0.1, 0.15) is 5.54 Å². The van der Waals surface area contributed by atoms with Gasteiger partial charge in [-0.15, -0.1) is 16.7 Å². The van der Waals surface area contributed by atoms with E-state index in [-0.39, 0.29) is 26.5 Å². The van der Waals surface area contributed by atoms with Crippen molar-refractivity contribution in [2.24, 2.45) is 7.05 Å². The topological polar surface area (TPSA) is 47.5 Å². The Labute approximate surface area is 412 Å². The largest absolute Gasteiger partial charge is 0.390 e. The molecule has 4 heterocycles. The Morgan fingerprint density at radius 2 is 0.868 bits per heavy atom. The van der Waals surface area contributed by atoms with Crippen LogP contribution in [0.3, 0.4) is 0 Å². The van der Waals surface area contributed by atoms with Gasteiger partial charge in [0, 0.05) is 43.8 Å². The molecule has 10 aromatic rings. The third-order valence-electron chi connectivity index (χ3n) is 14.9. The maximum absolute atomic E-state index is 5.32. The molecular weight excluding hydrogens is 1010 g/mol. The van der Waals surface area contributed by atoms with E-state index in [0.29, 0.717) is 0 Å². The van der Waals surface area contributed by atoms with Gasteiger partial charge in [0.25, 0.3) is 0 Å². The summed E-state index contributed by atoms with van der Waals surface area (Å²) < 4.78 is 4.20. The van der Waals surface area contributed by atoms with Crippen LogP contribution in [-0.4, -0.2) is 19.5 Å². The molecule has 3 aliphatic rings. The van der Waals surface area contributed by atoms with Gasteiger partial charge in [-0.2, -0.15) is 12.1 Å². The fourth-order valence-electron chi connectivity index (χ4n) is 12.0. The number of nitrogens with zero attached hydrogens (tertiary/aromatic N) is 5. The van der Waals surface area contributed by atoms with Gasteiger partial charge >= 0.3 is 0 Å². The van der Waals surface area contributed by atoms with Gasteiger partial charge in [-0.3, -0.25) is 4.98 Å². The minimum Gasteiger partial charge on any atom is -0.390 e. The number of aryl methyl sites for hydroxylation is 1. The van der Waals surface area contributed by atoms with Crippen LogP contribution >= 0.6 is 0 Å². The van der Waals surface area contributed by atoms with Gasteiger partial charge in [0.2, 0.25) is 6.33 Å². The average molecular weight is 1060 g/mol. The summed E-state index contributed by atoms with van der Waals surface area (Å²) in [6.07, 6.45) is 17.9. The first-order valence-electron chi connectivity index (χ1n) is 23.1. The summed E-state index contributed by atoms with van der Waals surface area (Å²) in [6.45, 7) is 6.80. The smallest absolute Gasteiger partial charge is 0.204 e. The van der Waals surface area contributed by atoms with Crippen LogP contribution in [-0.2, 0) is 49.9 Å². The zero-order valence-electron chi connectivity index (χ0n) is 38.1. The van der Waals surface area contributed by atoms with Crippen LogP contribution in [0.15, 0.2) is 201 Å². The number of hydrogen-bond donors (Lipinski definition) is 0. The Hall–Kier alpha value is -7.33. The average Bonchev–Trinajstić information content (AvgIpc) is 4.11. The number of rotatable bonds is 6. The normalized spacial score (nSPS) is 15.0. The molecule has 0 spiro atoms. The number of benzene rings is 6. The van der Waals surface area contributed by atoms with Crippen LogP contribution in [0.5, 0.6) is 0 Å². The Balaban J connectivity index is 0.00000480. The Morgan fingerprint density at radius 1 is 0.485 bits per heavy atom. The molecule has 0 N–H and O–H groups in total. The summed E-state index contributed by atoms with van der Waals surface area (Å²) in [6, 6.07) is 65.6. The van der Waals surface area contributed by atoms with Crippen LogP contribution in [0.25, 0.3) is 33.4 Å². The second kappa shape index (κ2) is 15.4. The molecule has 13 rings (SSSR count). The summed E-state index contributed by atoms with van der Waals surface area (Å²) in [4.78, 5) is 15.9. The van der Waals surface area contributed by atoms with Crippen molar-refractivity contribution in [3.63, 3.8) is 0 Å². The fraction of sp³-hybridized carbons (Fsp3) is 0.129. The molecule has 0 aliphatic heterocycles. The first-order chi connectivity index (χ1) is 32.8. The molecule has 0 saturated heterocycles. The molecule has 0 amide bonds. The second-order valence-electron chi connectivity index (χ2n) is 19.3. The summed E-state index contributed by atoms with van der Waals surface area (Å²) in [5, 5.41) is 0. The predicted molar refractivity (Wildman–Crippen MR) is 262 cm³/mol. The molecule has 0 radical (unpaired) electrons. The molecular formula is C62H45N5Pt-2. The van der Waals surface area contributed by atoms with E-state index in [0.717, 1.165) is 61.3 Å². The summed E-state index contributed by atoms with van der Waals surface area (Å²) in [5.74, 6) is 0. The molecule has 0 atom stereocenters. The van der Waals surface area contributed by atoms with E-state index < -0.39 is 16.4 Å². The maximum Gasteiger partial charge on any atom is 0.204 e. The van der Waals surface area contributed by atoms with Crippen LogP contribution in [0.4, 0.5) is 0 Å². The molecule has 5 nitrogen and oxygen atoms in total. The van der Waals surface area contributed by atoms with Crippen LogP contribution in [0, 0.1) is 18.5 Å². The zero-order valence-corrected chi connectivity index (χ0v) is 40.4. The van der Waals surface area contributed by atoms with Crippen molar-refractivity contribution in [3.8, 4) is 33.4 Å². The molecule has 6 aromatic carbocycles. The van der Waals surface area contributed by atoms with E-state index in [1.165, 1.54) is 38.9 Å². The molecule has 4 aromatic heterocycles. The summed E-state index contributed by atoms with van der Waals surface area (Å²) >= 11 is 0. The van der Waals surface area contributed by atoms with E-state index in [2.05, 4.69) is 214 Å². The molecule has 0 fully saturated rings. The maximum atomic E-state index is 5.32. The molecule has 6 heteroatoms. The van der Waals surface area contributed by atoms with Gasteiger partial charge in [0.15, 0.2) is 0 Å². The zero-order chi connectivity index (χ0) is 45.1. The van der Waals surface area contributed by atoms with E-state index in [4.69, 9.17) is 15.0 Å². The molecule has 0 saturated carbocycles. The Morgan fingerprint density at radius 3 is 1.31 bits per heavy atom. The summed E-state index contributed by atoms with van der Waals surface area (Å²) in [5.41, 5.74) is 17.1. The van der Waals surface area contributed by atoms with Gasteiger partial charge in [-0.1, -0.05) is 197 Å². The predicted octanol–water partition coefficient (Wildman–Crippen LogP) is 11.7. The first kappa shape index (κ1) is 42.1. The molecule has 0 unspecified atom stereocenters. The van der Waals surface area contributed by atoms with E-state index in [1.54, 1.807) is 0 Å². The van der Waals surface area contributed by atoms with E-state index >= 15 is 0 Å². The van der Waals surface area contributed by atoms with E-state index in [1.807, 2.05) is 42.6 Å². The number of aromatic nitrogens is 5. The van der Waals surface area contributed by atoms with Crippen molar-refractivity contribution >= 4 is 0 Å². The third-order valence-corrected chi connectivity index (χ3v) is 14.9. The van der Waals surface area contributed by atoms with Gasteiger partial charge < -0.3 is 19.1 Å². The standard InChI is InChI=1S/C62H45N5.Pt/c1-59(2,3)41-29-30-65-58(35-41)61(54-25-13-7-19-48(54)49-20-8-14-26-55(49)61)44-33-42(36-63-38-44)60(52-23-11-5-17-46(52)47-18-6-12-24-53(47)60)43-34-45(39-64-37-43)62(67-32-31-66(4)40-67)56-27-15-9-21-50(56)51-22-10-16-28-57(51)62;/h5-32,35-39H,1-4H3;/q-2;. The third kappa shape index (κ3) is 5.54. The quantitative estimate of drug-likeness (QED) is 0.123. The van der Waals surface area contributed by atoms with Gasteiger partial charge in [-0.05, 0) is 91.1 Å². The van der Waals surface area contributed by atoms with Crippen molar-refractivity contribution in [1.29, 1.82) is 0 Å². The second-order valence-corrected chi connectivity index (χ2v) is 19.3. The van der Waals surface area contributed by atoms with Crippen molar-refractivity contribution in [2.45, 2.75) is 42.6 Å². The van der Waals surface area contributed by atoms with Gasteiger partial charge in [0.05, 0.1) is 18.2 Å². The number of fused-ring (bicyclic) bond motifs is 9.